The third-order valence-electron chi connectivity index (χ3n) is 2.86. The van der Waals surface area contributed by atoms with Crippen LogP contribution in [0.2, 0.25) is 0 Å². The van der Waals surface area contributed by atoms with Gasteiger partial charge in [0.05, 0.1) is 6.10 Å². The summed E-state index contributed by atoms with van der Waals surface area (Å²) in [6.07, 6.45) is 4.48. The summed E-state index contributed by atoms with van der Waals surface area (Å²) < 4.78 is 0. The monoisotopic (exact) mass is 214 g/mol. The summed E-state index contributed by atoms with van der Waals surface area (Å²) in [6.45, 7) is 3.26. The molecule has 0 aromatic rings. The molecule has 3 N–H and O–H groups in total. The first-order valence-electron chi connectivity index (χ1n) is 5.92. The third kappa shape index (κ3) is 4.62. The van der Waals surface area contributed by atoms with Crippen molar-refractivity contribution in [1.29, 1.82) is 0 Å². The van der Waals surface area contributed by atoms with Crippen LogP contribution in [-0.4, -0.2) is 36.2 Å². The number of nitrogens with one attached hydrogen (secondary N) is 2. The van der Waals surface area contributed by atoms with Gasteiger partial charge in [-0.1, -0.05) is 12.8 Å². The van der Waals surface area contributed by atoms with Crippen LogP contribution >= 0.6 is 0 Å². The van der Waals surface area contributed by atoms with Crippen molar-refractivity contribution in [3.63, 3.8) is 0 Å². The summed E-state index contributed by atoms with van der Waals surface area (Å²) in [6, 6.07) is 0.188. The van der Waals surface area contributed by atoms with E-state index in [4.69, 9.17) is 0 Å². The quantitative estimate of drug-likeness (QED) is 0.621. The predicted octanol–water partition coefficient (Wildman–Crippen LogP) is 0.406. The molecule has 0 bridgehead atoms. The Labute approximate surface area is 91.4 Å². The summed E-state index contributed by atoms with van der Waals surface area (Å²) in [4.78, 5) is 11.2. The summed E-state index contributed by atoms with van der Waals surface area (Å²) in [5.41, 5.74) is 0. The molecular formula is C11H22N2O2. The van der Waals surface area contributed by atoms with Gasteiger partial charge in [-0.15, -0.1) is 0 Å². The summed E-state index contributed by atoms with van der Waals surface area (Å²) in [5.74, 6) is 0.0790. The Morgan fingerprint density at radius 3 is 2.80 bits per heavy atom. The second-order valence-electron chi connectivity index (χ2n) is 4.12. The lowest BCUT2D eigenvalue weighted by Crippen LogP contribution is -2.43. The highest BCUT2D eigenvalue weighted by molar-refractivity contribution is 5.75. The minimum Gasteiger partial charge on any atom is -0.392 e. The highest BCUT2D eigenvalue weighted by Crippen LogP contribution is 2.17. The molecule has 88 valence electrons. The molecule has 1 saturated carbocycles. The predicted molar refractivity (Wildman–Crippen MR) is 59.6 cm³/mol. The van der Waals surface area contributed by atoms with Gasteiger partial charge in [0.25, 0.3) is 0 Å². The van der Waals surface area contributed by atoms with Crippen molar-refractivity contribution in [3.8, 4) is 0 Å². The van der Waals surface area contributed by atoms with Gasteiger partial charge in [0.1, 0.15) is 0 Å². The molecule has 1 amide bonds. The lowest BCUT2D eigenvalue weighted by atomic mass is 9.92. The SMILES string of the molecule is CCNC(=O)CCN[C@H]1CCCC[C@@H]1O. The van der Waals surface area contributed by atoms with E-state index in [0.29, 0.717) is 19.5 Å². The average molecular weight is 214 g/mol. The van der Waals surface area contributed by atoms with Crippen molar-refractivity contribution in [2.45, 2.75) is 51.2 Å². The Morgan fingerprint density at radius 2 is 2.13 bits per heavy atom. The second kappa shape index (κ2) is 6.80. The van der Waals surface area contributed by atoms with Gasteiger partial charge < -0.3 is 15.7 Å². The molecule has 1 fully saturated rings. The number of aliphatic hydroxyl groups is 1. The number of hydrogen-bond donors (Lipinski definition) is 3. The Balaban J connectivity index is 2.10. The van der Waals surface area contributed by atoms with Gasteiger partial charge in [-0.3, -0.25) is 4.79 Å². The van der Waals surface area contributed by atoms with Gasteiger partial charge in [0.15, 0.2) is 0 Å². The van der Waals surface area contributed by atoms with E-state index < -0.39 is 0 Å². The van der Waals surface area contributed by atoms with Crippen LogP contribution in [0.25, 0.3) is 0 Å². The van der Waals surface area contributed by atoms with Gasteiger partial charge in [-0.05, 0) is 19.8 Å². The molecule has 1 aliphatic carbocycles. The van der Waals surface area contributed by atoms with E-state index in [0.717, 1.165) is 19.3 Å². The molecular weight excluding hydrogens is 192 g/mol. The molecule has 0 unspecified atom stereocenters. The summed E-state index contributed by atoms with van der Waals surface area (Å²) >= 11 is 0. The normalized spacial score (nSPS) is 26.3. The fourth-order valence-electron chi connectivity index (χ4n) is 2.01. The minimum absolute atomic E-state index is 0.0790. The van der Waals surface area contributed by atoms with Crippen LogP contribution in [0.1, 0.15) is 39.0 Å². The van der Waals surface area contributed by atoms with E-state index in [1.165, 1.54) is 6.42 Å². The highest BCUT2D eigenvalue weighted by atomic mass is 16.3. The molecule has 2 atom stereocenters. The molecule has 1 aliphatic rings. The summed E-state index contributed by atoms with van der Waals surface area (Å²) in [7, 11) is 0. The van der Waals surface area contributed by atoms with E-state index in [-0.39, 0.29) is 18.1 Å². The Morgan fingerprint density at radius 1 is 1.40 bits per heavy atom. The van der Waals surface area contributed by atoms with Crippen LogP contribution < -0.4 is 10.6 Å². The van der Waals surface area contributed by atoms with Gasteiger partial charge in [-0.25, -0.2) is 0 Å². The maximum atomic E-state index is 11.2. The standard InChI is InChI=1S/C11H22N2O2/c1-2-12-11(15)7-8-13-9-5-3-4-6-10(9)14/h9-10,13-14H,2-8H2,1H3,(H,12,15)/t9-,10-/m0/s1. The molecule has 4 nitrogen and oxygen atoms in total. The fourth-order valence-corrected chi connectivity index (χ4v) is 2.01. The zero-order valence-corrected chi connectivity index (χ0v) is 9.46. The van der Waals surface area contributed by atoms with Crippen molar-refractivity contribution in [2.75, 3.05) is 13.1 Å². The van der Waals surface area contributed by atoms with Crippen molar-refractivity contribution in [2.24, 2.45) is 0 Å². The molecule has 0 radical (unpaired) electrons. The topological polar surface area (TPSA) is 61.4 Å². The molecule has 0 saturated heterocycles. The first kappa shape index (κ1) is 12.5. The third-order valence-corrected chi connectivity index (χ3v) is 2.86. The van der Waals surface area contributed by atoms with Crippen molar-refractivity contribution < 1.29 is 9.90 Å². The van der Waals surface area contributed by atoms with Crippen LogP contribution in [0.15, 0.2) is 0 Å². The van der Waals surface area contributed by atoms with E-state index in [1.807, 2.05) is 6.92 Å². The number of carbonyl (C=O) groups is 1. The Bertz CT molecular complexity index is 197. The van der Waals surface area contributed by atoms with Gasteiger partial charge >= 0.3 is 0 Å². The molecule has 15 heavy (non-hydrogen) atoms. The van der Waals surface area contributed by atoms with Crippen LogP contribution in [0.5, 0.6) is 0 Å². The maximum Gasteiger partial charge on any atom is 0.221 e. The van der Waals surface area contributed by atoms with Crippen LogP contribution in [0.4, 0.5) is 0 Å². The molecule has 4 heteroatoms. The zero-order chi connectivity index (χ0) is 11.1. The number of carbonyl (C=O) groups excluding carboxylic acids is 1. The molecule has 0 aromatic carbocycles. The number of aliphatic hydroxyl groups excluding tert-OH is 1. The summed E-state index contributed by atoms with van der Waals surface area (Å²) in [5, 5.41) is 15.7. The average Bonchev–Trinajstić information content (AvgIpc) is 2.21. The molecule has 1 rings (SSSR count). The van der Waals surface area contributed by atoms with Crippen LogP contribution in [-0.2, 0) is 4.79 Å². The molecule has 0 heterocycles. The molecule has 0 aromatic heterocycles. The second-order valence-corrected chi connectivity index (χ2v) is 4.12. The van der Waals surface area contributed by atoms with Crippen LogP contribution in [0.3, 0.4) is 0 Å². The molecule has 0 aliphatic heterocycles. The number of rotatable bonds is 5. The first-order chi connectivity index (χ1) is 7.24. The Kier molecular flexibility index (Phi) is 5.65. The maximum absolute atomic E-state index is 11.2. The highest BCUT2D eigenvalue weighted by Gasteiger charge is 2.21. The van der Waals surface area contributed by atoms with Crippen LogP contribution in [0, 0.1) is 0 Å². The van der Waals surface area contributed by atoms with Gasteiger partial charge in [0, 0.05) is 25.6 Å². The van der Waals surface area contributed by atoms with Crippen molar-refractivity contribution in [1.82, 2.24) is 10.6 Å². The first-order valence-corrected chi connectivity index (χ1v) is 5.92. The van der Waals surface area contributed by atoms with Gasteiger partial charge in [-0.2, -0.15) is 0 Å². The van der Waals surface area contributed by atoms with E-state index in [2.05, 4.69) is 10.6 Å². The van der Waals surface area contributed by atoms with E-state index in [1.54, 1.807) is 0 Å². The van der Waals surface area contributed by atoms with Crippen molar-refractivity contribution >= 4 is 5.91 Å². The van der Waals surface area contributed by atoms with E-state index >= 15 is 0 Å². The smallest absolute Gasteiger partial charge is 0.221 e. The Hall–Kier alpha value is -0.610. The minimum atomic E-state index is -0.229. The fraction of sp³-hybridized carbons (Fsp3) is 0.909. The van der Waals surface area contributed by atoms with Gasteiger partial charge in [0.2, 0.25) is 5.91 Å². The number of hydrogen-bond acceptors (Lipinski definition) is 3. The zero-order valence-electron chi connectivity index (χ0n) is 9.46. The molecule has 0 spiro atoms. The van der Waals surface area contributed by atoms with E-state index in [9.17, 15) is 9.90 Å². The number of amides is 1. The lowest BCUT2D eigenvalue weighted by molar-refractivity contribution is -0.120. The lowest BCUT2D eigenvalue weighted by Gasteiger charge is -2.28. The van der Waals surface area contributed by atoms with Crippen molar-refractivity contribution in [3.05, 3.63) is 0 Å². The largest absolute Gasteiger partial charge is 0.392 e.